The molecule has 0 bridgehead atoms. The largest absolute Gasteiger partial charge is 0.401 e. The topological polar surface area (TPSA) is 120 Å². The molecule has 28 heavy (non-hydrogen) atoms. The minimum absolute atomic E-state index is 0.0160. The number of benzene rings is 1. The molecular formula is C17H18FN5O4S. The molecule has 3 aromatic rings. The lowest BCUT2D eigenvalue weighted by molar-refractivity contribution is -0.116. The van der Waals surface area contributed by atoms with Crippen LogP contribution in [0.4, 0.5) is 10.4 Å². The fourth-order valence-electron chi connectivity index (χ4n) is 2.55. The number of carbonyl (C=O) groups excluding carboxylic acids is 1. The molecule has 11 heteroatoms. The van der Waals surface area contributed by atoms with Crippen LogP contribution in [-0.2, 0) is 21.7 Å². The van der Waals surface area contributed by atoms with Crippen LogP contribution in [0.5, 0.6) is 0 Å². The molecule has 9 nitrogen and oxygen atoms in total. The van der Waals surface area contributed by atoms with Crippen LogP contribution < -0.4 is 5.32 Å². The third kappa shape index (κ3) is 4.60. The number of anilines is 1. The Hall–Kier alpha value is -3.08. The summed E-state index contributed by atoms with van der Waals surface area (Å²) in [6.07, 6.45) is 0.0381. The summed E-state index contributed by atoms with van der Waals surface area (Å²) >= 11 is 0. The maximum absolute atomic E-state index is 12.9. The third-order valence-corrected chi connectivity index (χ3v) is 5.70. The maximum Gasteiger partial charge on any atom is 0.322 e. The zero-order chi connectivity index (χ0) is 20.3. The van der Waals surface area contributed by atoms with Gasteiger partial charge in [0.15, 0.2) is 9.84 Å². The number of halogens is 1. The van der Waals surface area contributed by atoms with Crippen LogP contribution >= 0.6 is 0 Å². The van der Waals surface area contributed by atoms with Crippen molar-refractivity contribution >= 4 is 21.8 Å². The molecule has 0 aliphatic heterocycles. The van der Waals surface area contributed by atoms with E-state index in [1.54, 1.807) is 17.8 Å². The lowest BCUT2D eigenvalue weighted by Crippen LogP contribution is -2.14. The molecule has 1 N–H and O–H groups in total. The molecule has 2 heterocycles. The minimum atomic E-state index is -3.59. The first-order valence-electron chi connectivity index (χ1n) is 8.37. The molecule has 3 rings (SSSR count). The summed E-state index contributed by atoms with van der Waals surface area (Å²) in [6, 6.07) is 6.24. The highest BCUT2D eigenvalue weighted by molar-refractivity contribution is 7.91. The van der Waals surface area contributed by atoms with Crippen molar-refractivity contribution in [3.8, 4) is 11.6 Å². The first kappa shape index (κ1) is 19.7. The second kappa shape index (κ2) is 7.89. The number of aryl methyl sites for hydroxylation is 2. The zero-order valence-corrected chi connectivity index (χ0v) is 16.0. The molecular weight excluding hydrogens is 389 g/mol. The Morgan fingerprint density at radius 2 is 1.96 bits per heavy atom. The summed E-state index contributed by atoms with van der Waals surface area (Å²) in [5, 5.41) is 14.2. The van der Waals surface area contributed by atoms with Gasteiger partial charge in [0.1, 0.15) is 11.5 Å². The van der Waals surface area contributed by atoms with Gasteiger partial charge in [-0.15, -0.1) is 5.10 Å². The molecule has 0 fully saturated rings. The molecule has 0 spiro atoms. The van der Waals surface area contributed by atoms with Crippen molar-refractivity contribution in [3.63, 3.8) is 0 Å². The molecule has 2 aromatic heterocycles. The highest BCUT2D eigenvalue weighted by Crippen LogP contribution is 2.20. The highest BCUT2D eigenvalue weighted by atomic mass is 32.2. The van der Waals surface area contributed by atoms with E-state index >= 15 is 0 Å². The van der Waals surface area contributed by atoms with Gasteiger partial charge >= 0.3 is 6.01 Å². The van der Waals surface area contributed by atoms with Crippen molar-refractivity contribution in [2.75, 3.05) is 11.1 Å². The Balaban J connectivity index is 1.54. The summed E-state index contributed by atoms with van der Waals surface area (Å²) in [5.74, 6) is -1.00. The van der Waals surface area contributed by atoms with Crippen molar-refractivity contribution in [1.82, 2.24) is 20.0 Å². The van der Waals surface area contributed by atoms with Gasteiger partial charge in [-0.05, 0) is 43.7 Å². The predicted octanol–water partition coefficient (Wildman–Crippen LogP) is 2.11. The smallest absolute Gasteiger partial charge is 0.322 e. The van der Waals surface area contributed by atoms with Crippen LogP contribution in [0.3, 0.4) is 0 Å². The Bertz CT molecular complexity index is 1090. The SMILES string of the molecule is Cc1cc(-c2nnc(NC(=O)CCCS(=O)(=O)c3ccc(F)cc3)o2)n(C)n1. The standard InChI is InChI=1S/C17H18FN5O4S/c1-11-10-14(23(2)22-11)16-20-21-17(27-16)19-15(24)4-3-9-28(25,26)13-7-5-12(18)6-8-13/h5-8,10H,3-4,9H2,1-2H3,(H,19,21,24). The van der Waals surface area contributed by atoms with Crippen molar-refractivity contribution < 1.29 is 22.0 Å². The van der Waals surface area contributed by atoms with Gasteiger partial charge in [-0.1, -0.05) is 5.10 Å². The molecule has 0 atom stereocenters. The second-order valence-electron chi connectivity index (χ2n) is 6.13. The fraction of sp³-hybridized carbons (Fsp3) is 0.294. The fourth-order valence-corrected chi connectivity index (χ4v) is 3.86. The summed E-state index contributed by atoms with van der Waals surface area (Å²) in [5.41, 5.74) is 1.39. The van der Waals surface area contributed by atoms with Gasteiger partial charge in [0, 0.05) is 13.5 Å². The molecule has 0 saturated heterocycles. The van der Waals surface area contributed by atoms with Gasteiger partial charge in [-0.3, -0.25) is 14.8 Å². The zero-order valence-electron chi connectivity index (χ0n) is 15.2. The van der Waals surface area contributed by atoms with Crippen LogP contribution in [0.1, 0.15) is 18.5 Å². The lowest BCUT2D eigenvalue weighted by Gasteiger charge is -2.04. The first-order valence-corrected chi connectivity index (χ1v) is 10.0. The van der Waals surface area contributed by atoms with E-state index in [1.807, 2.05) is 6.92 Å². The number of hydrogen-bond acceptors (Lipinski definition) is 7. The molecule has 148 valence electrons. The molecule has 0 unspecified atom stereocenters. The summed E-state index contributed by atoms with van der Waals surface area (Å²) in [7, 11) is -1.86. The number of nitrogens with zero attached hydrogens (tertiary/aromatic N) is 4. The van der Waals surface area contributed by atoms with E-state index in [9.17, 15) is 17.6 Å². The number of hydrogen-bond donors (Lipinski definition) is 1. The second-order valence-corrected chi connectivity index (χ2v) is 8.24. The molecule has 0 aliphatic carbocycles. The Labute approximate surface area is 160 Å². The van der Waals surface area contributed by atoms with Crippen LogP contribution in [-0.4, -0.2) is 40.1 Å². The van der Waals surface area contributed by atoms with Gasteiger partial charge in [0.2, 0.25) is 5.91 Å². The van der Waals surface area contributed by atoms with E-state index in [0.717, 1.165) is 17.8 Å². The van der Waals surface area contributed by atoms with E-state index < -0.39 is 21.6 Å². The normalized spacial score (nSPS) is 11.5. The number of sulfone groups is 1. The molecule has 0 radical (unpaired) electrons. The van der Waals surface area contributed by atoms with Crippen molar-refractivity contribution in [1.29, 1.82) is 0 Å². The highest BCUT2D eigenvalue weighted by Gasteiger charge is 2.17. The summed E-state index contributed by atoms with van der Waals surface area (Å²) < 4.78 is 44.2. The average molecular weight is 407 g/mol. The molecule has 1 amide bonds. The predicted molar refractivity (Wildman–Crippen MR) is 97.6 cm³/mol. The summed E-state index contributed by atoms with van der Waals surface area (Å²) in [4.78, 5) is 12.0. The Morgan fingerprint density at radius 3 is 2.61 bits per heavy atom. The molecule has 0 saturated carbocycles. The maximum atomic E-state index is 12.9. The quantitative estimate of drug-likeness (QED) is 0.596. The van der Waals surface area contributed by atoms with Gasteiger partial charge < -0.3 is 4.42 Å². The average Bonchev–Trinajstić information content (AvgIpc) is 3.20. The van der Waals surface area contributed by atoms with Crippen LogP contribution in [0.15, 0.2) is 39.6 Å². The number of aromatic nitrogens is 4. The molecule has 1 aromatic carbocycles. The van der Waals surface area contributed by atoms with E-state index in [0.29, 0.717) is 5.69 Å². The van der Waals surface area contributed by atoms with Crippen molar-refractivity contribution in [2.24, 2.45) is 7.05 Å². The number of amides is 1. The van der Waals surface area contributed by atoms with Crippen LogP contribution in [0, 0.1) is 12.7 Å². The van der Waals surface area contributed by atoms with Gasteiger partial charge in [-0.25, -0.2) is 12.8 Å². The first-order chi connectivity index (χ1) is 13.2. The van der Waals surface area contributed by atoms with Gasteiger partial charge in [-0.2, -0.15) is 5.10 Å². The van der Waals surface area contributed by atoms with Crippen LogP contribution in [0.2, 0.25) is 0 Å². The third-order valence-electron chi connectivity index (χ3n) is 3.88. The van der Waals surface area contributed by atoms with Gasteiger partial charge in [0.05, 0.1) is 16.3 Å². The van der Waals surface area contributed by atoms with E-state index in [4.69, 9.17) is 4.42 Å². The number of carbonyl (C=O) groups is 1. The Morgan fingerprint density at radius 1 is 1.25 bits per heavy atom. The van der Waals surface area contributed by atoms with Crippen LogP contribution in [0.25, 0.3) is 11.6 Å². The van der Waals surface area contributed by atoms with Gasteiger partial charge in [0.25, 0.3) is 5.89 Å². The Kier molecular flexibility index (Phi) is 5.54. The summed E-state index contributed by atoms with van der Waals surface area (Å²) in [6.45, 7) is 1.82. The number of nitrogens with one attached hydrogen (secondary N) is 1. The number of rotatable bonds is 7. The van der Waals surface area contributed by atoms with E-state index in [1.165, 1.54) is 12.1 Å². The minimum Gasteiger partial charge on any atom is -0.401 e. The van der Waals surface area contributed by atoms with Crippen molar-refractivity contribution in [2.45, 2.75) is 24.7 Å². The molecule has 0 aliphatic rings. The van der Waals surface area contributed by atoms with E-state index in [2.05, 4.69) is 20.6 Å². The van der Waals surface area contributed by atoms with Crippen molar-refractivity contribution in [3.05, 3.63) is 41.8 Å². The van der Waals surface area contributed by atoms with E-state index in [-0.39, 0.29) is 35.4 Å². The monoisotopic (exact) mass is 407 g/mol. The lowest BCUT2D eigenvalue weighted by atomic mass is 10.3.